The van der Waals surface area contributed by atoms with Crippen LogP contribution < -0.4 is 4.74 Å². The Morgan fingerprint density at radius 3 is 2.40 bits per heavy atom. The number of halogens is 1. The zero-order chi connectivity index (χ0) is 11.4. The lowest BCUT2D eigenvalue weighted by atomic mass is 10.2. The van der Waals surface area contributed by atoms with Crippen LogP contribution >= 0.6 is 11.6 Å². The van der Waals surface area contributed by atoms with Gasteiger partial charge in [-0.3, -0.25) is 20.2 Å². The normalized spacial score (nSPS) is 9.67. The predicted octanol–water partition coefficient (Wildman–Crippen LogP) is 2.08. The summed E-state index contributed by atoms with van der Waals surface area (Å²) in [7, 11) is 0. The van der Waals surface area contributed by atoms with E-state index in [4.69, 9.17) is 16.3 Å². The molecule has 0 radical (unpaired) electrons. The van der Waals surface area contributed by atoms with Gasteiger partial charge in [-0.15, -0.1) is 0 Å². The van der Waals surface area contributed by atoms with Crippen LogP contribution in [0.4, 0.5) is 11.4 Å². The molecule has 0 N–H and O–H groups in total. The summed E-state index contributed by atoms with van der Waals surface area (Å²) in [6.07, 6.45) is 0. The first-order chi connectivity index (χ1) is 7.06. The first-order valence-corrected chi connectivity index (χ1v) is 4.21. The minimum atomic E-state index is -0.769. The lowest BCUT2D eigenvalue weighted by Gasteiger charge is -2.01. The molecule has 0 unspecified atom stereocenters. The Morgan fingerprint density at radius 1 is 1.27 bits per heavy atom. The molecule has 1 aromatic rings. The lowest BCUT2D eigenvalue weighted by molar-refractivity contribution is -0.394. The van der Waals surface area contributed by atoms with Crippen molar-refractivity contribution < 1.29 is 14.6 Å². The van der Waals surface area contributed by atoms with E-state index in [2.05, 4.69) is 0 Å². The van der Waals surface area contributed by atoms with Crippen molar-refractivity contribution in [3.63, 3.8) is 0 Å². The van der Waals surface area contributed by atoms with Gasteiger partial charge in [0, 0.05) is 6.07 Å². The summed E-state index contributed by atoms with van der Waals surface area (Å²) in [5.41, 5.74) is -0.853. The van der Waals surface area contributed by atoms with Gasteiger partial charge in [0.05, 0.1) is 15.9 Å². The van der Waals surface area contributed by atoms with Gasteiger partial charge in [-0.1, -0.05) is 11.6 Å². The molecule has 0 amide bonds. The summed E-state index contributed by atoms with van der Waals surface area (Å²) in [6, 6.07) is 2.80. The Morgan fingerprint density at radius 2 is 1.93 bits per heavy atom. The summed E-state index contributed by atoms with van der Waals surface area (Å²) in [4.78, 5) is 19.4. The number of non-ortho nitro benzene ring substituents is 1. The first-order valence-electron chi connectivity index (χ1n) is 3.68. The summed E-state index contributed by atoms with van der Waals surface area (Å²) in [5, 5.41) is 20.9. The molecule has 0 bridgehead atoms. The van der Waals surface area contributed by atoms with Crippen LogP contribution in [0.5, 0.6) is 5.75 Å². The Balaban J connectivity index is 3.20. The van der Waals surface area contributed by atoms with Crippen LogP contribution in [0.25, 0.3) is 0 Å². The van der Waals surface area contributed by atoms with Gasteiger partial charge < -0.3 is 4.74 Å². The zero-order valence-corrected chi connectivity index (χ0v) is 8.01. The number of hydrogen-bond donors (Lipinski definition) is 0. The highest BCUT2D eigenvalue weighted by Crippen LogP contribution is 2.30. The maximum atomic E-state index is 10.5. The van der Waals surface area contributed by atoms with E-state index >= 15 is 0 Å². The number of nitro benzene ring substituents is 2. The van der Waals surface area contributed by atoms with Crippen molar-refractivity contribution in [2.24, 2.45) is 0 Å². The molecule has 0 aliphatic carbocycles. The summed E-state index contributed by atoms with van der Waals surface area (Å²) in [5.74, 6) is -0.0967. The van der Waals surface area contributed by atoms with E-state index < -0.39 is 15.5 Å². The second-order valence-corrected chi connectivity index (χ2v) is 2.64. The van der Waals surface area contributed by atoms with Gasteiger partial charge in [-0.25, -0.2) is 0 Å². The van der Waals surface area contributed by atoms with Gasteiger partial charge in [0.15, 0.2) is 11.8 Å². The van der Waals surface area contributed by atoms with Crippen LogP contribution in [-0.4, -0.2) is 15.9 Å². The molecule has 0 saturated heterocycles. The molecule has 8 heteroatoms. The van der Waals surface area contributed by atoms with Gasteiger partial charge >= 0.3 is 5.69 Å². The number of alkyl halides is 1. The van der Waals surface area contributed by atoms with E-state index in [1.807, 2.05) is 0 Å². The van der Waals surface area contributed by atoms with Crippen molar-refractivity contribution in [3.8, 4) is 5.75 Å². The van der Waals surface area contributed by atoms with Crippen LogP contribution in [0, 0.1) is 20.2 Å². The highest BCUT2D eigenvalue weighted by atomic mass is 35.5. The molecule has 0 aliphatic heterocycles. The predicted molar refractivity (Wildman–Crippen MR) is 51.1 cm³/mol. The minimum Gasteiger partial charge on any atom is -0.471 e. The van der Waals surface area contributed by atoms with E-state index in [0.717, 1.165) is 18.2 Å². The van der Waals surface area contributed by atoms with Gasteiger partial charge in [0.1, 0.15) is 0 Å². The largest absolute Gasteiger partial charge is 0.471 e. The minimum absolute atomic E-state index is 0.0967. The maximum Gasteiger partial charge on any atom is 0.317 e. The topological polar surface area (TPSA) is 95.5 Å². The molecule has 80 valence electrons. The number of rotatable bonds is 4. The van der Waals surface area contributed by atoms with Crippen LogP contribution in [0.2, 0.25) is 0 Å². The molecule has 1 aromatic carbocycles. The zero-order valence-electron chi connectivity index (χ0n) is 7.25. The number of nitro groups is 2. The van der Waals surface area contributed by atoms with Crippen LogP contribution in [0.1, 0.15) is 0 Å². The first kappa shape index (κ1) is 11.2. The Hall–Kier alpha value is -1.89. The Bertz CT molecular complexity index is 408. The second kappa shape index (κ2) is 4.56. The average molecular weight is 233 g/mol. The van der Waals surface area contributed by atoms with E-state index in [-0.39, 0.29) is 17.5 Å². The van der Waals surface area contributed by atoms with Gasteiger partial charge in [-0.2, -0.15) is 0 Å². The number of ether oxygens (including phenoxy) is 1. The van der Waals surface area contributed by atoms with E-state index in [1.54, 1.807) is 0 Å². The number of hydrogen-bond acceptors (Lipinski definition) is 5. The fourth-order valence-electron chi connectivity index (χ4n) is 0.943. The molecular weight excluding hydrogens is 228 g/mol. The van der Waals surface area contributed by atoms with Crippen LogP contribution in [0.15, 0.2) is 18.2 Å². The third kappa shape index (κ3) is 2.53. The Labute approximate surface area is 88.5 Å². The van der Waals surface area contributed by atoms with Gasteiger partial charge in [-0.05, 0) is 6.07 Å². The SMILES string of the molecule is O=[N+]([O-])c1ccc(OCCl)c([N+](=O)[O-])c1. The molecule has 15 heavy (non-hydrogen) atoms. The van der Waals surface area contributed by atoms with E-state index in [1.165, 1.54) is 0 Å². The highest BCUT2D eigenvalue weighted by molar-refractivity contribution is 6.17. The number of nitrogens with zero attached hydrogens (tertiary/aromatic N) is 2. The summed E-state index contributed by atoms with van der Waals surface area (Å²) in [6.45, 7) is 0. The molecule has 7 nitrogen and oxygen atoms in total. The molecule has 0 aliphatic rings. The second-order valence-electron chi connectivity index (χ2n) is 2.42. The van der Waals surface area contributed by atoms with Gasteiger partial charge in [0.25, 0.3) is 5.69 Å². The van der Waals surface area contributed by atoms with Crippen molar-refractivity contribution in [1.29, 1.82) is 0 Å². The molecule has 0 atom stereocenters. The molecule has 0 saturated carbocycles. The van der Waals surface area contributed by atoms with Crippen LogP contribution in [-0.2, 0) is 0 Å². The van der Waals surface area contributed by atoms with Crippen molar-refractivity contribution >= 4 is 23.0 Å². The third-order valence-corrected chi connectivity index (χ3v) is 1.67. The highest BCUT2D eigenvalue weighted by Gasteiger charge is 2.20. The molecule has 0 fully saturated rings. The number of benzene rings is 1. The summed E-state index contributed by atoms with van der Waals surface area (Å²) >= 11 is 5.24. The average Bonchev–Trinajstić information content (AvgIpc) is 2.18. The van der Waals surface area contributed by atoms with Crippen LogP contribution in [0.3, 0.4) is 0 Å². The molecule has 0 spiro atoms. The van der Waals surface area contributed by atoms with Crippen molar-refractivity contribution in [2.45, 2.75) is 0 Å². The Kier molecular flexibility index (Phi) is 3.40. The van der Waals surface area contributed by atoms with E-state index in [0.29, 0.717) is 0 Å². The monoisotopic (exact) mass is 232 g/mol. The molecular formula is C7H5ClN2O5. The molecule has 1 rings (SSSR count). The quantitative estimate of drug-likeness (QED) is 0.450. The van der Waals surface area contributed by atoms with Crippen molar-refractivity contribution in [1.82, 2.24) is 0 Å². The van der Waals surface area contributed by atoms with E-state index in [9.17, 15) is 20.2 Å². The third-order valence-electron chi connectivity index (χ3n) is 1.56. The fraction of sp³-hybridized carbons (Fsp3) is 0.143. The fourth-order valence-corrected chi connectivity index (χ4v) is 1.06. The molecule has 0 aromatic heterocycles. The maximum absolute atomic E-state index is 10.5. The van der Waals surface area contributed by atoms with Crippen molar-refractivity contribution in [3.05, 3.63) is 38.4 Å². The van der Waals surface area contributed by atoms with Crippen molar-refractivity contribution in [2.75, 3.05) is 6.07 Å². The van der Waals surface area contributed by atoms with Gasteiger partial charge in [0.2, 0.25) is 0 Å². The lowest BCUT2D eigenvalue weighted by Crippen LogP contribution is -1.97. The summed E-state index contributed by atoms with van der Waals surface area (Å²) < 4.78 is 4.73. The smallest absolute Gasteiger partial charge is 0.317 e. The molecule has 0 heterocycles. The standard InChI is InChI=1S/C7H5ClN2O5/c8-4-15-7-2-1-5(9(11)12)3-6(7)10(13)14/h1-3H,4H2.